The van der Waals surface area contributed by atoms with E-state index < -0.39 is 11.7 Å². The van der Waals surface area contributed by atoms with Gasteiger partial charge >= 0.3 is 6.18 Å². The zero-order valence-corrected chi connectivity index (χ0v) is 18.0. The first-order chi connectivity index (χ1) is 15.1. The van der Waals surface area contributed by atoms with Crippen molar-refractivity contribution >= 4 is 11.8 Å². The molecule has 0 atom stereocenters. The number of hydrogen-bond acceptors (Lipinski definition) is 4. The van der Waals surface area contributed by atoms with Crippen molar-refractivity contribution in [2.75, 3.05) is 32.7 Å². The van der Waals surface area contributed by atoms with Crippen molar-refractivity contribution in [2.45, 2.75) is 26.1 Å². The largest absolute Gasteiger partial charge is 0.457 e. The molecule has 1 N–H and O–H groups in total. The molecule has 0 bridgehead atoms. The van der Waals surface area contributed by atoms with Gasteiger partial charge in [0.05, 0.1) is 12.1 Å². The molecule has 3 rings (SSSR count). The lowest BCUT2D eigenvalue weighted by Gasteiger charge is -2.34. The van der Waals surface area contributed by atoms with Gasteiger partial charge in [0.1, 0.15) is 11.5 Å². The maximum atomic E-state index is 12.9. The van der Waals surface area contributed by atoms with Crippen LogP contribution in [0.15, 0.2) is 48.5 Å². The molecule has 6 nitrogen and oxygen atoms in total. The fraction of sp³-hybridized carbons (Fsp3) is 0.391. The molecule has 9 heteroatoms. The van der Waals surface area contributed by atoms with Gasteiger partial charge in [-0.3, -0.25) is 14.5 Å². The number of halogens is 3. The highest BCUT2D eigenvalue weighted by atomic mass is 19.4. The van der Waals surface area contributed by atoms with Crippen molar-refractivity contribution in [3.8, 4) is 11.5 Å². The Morgan fingerprint density at radius 2 is 1.62 bits per heavy atom. The molecule has 1 aliphatic heterocycles. The van der Waals surface area contributed by atoms with Crippen LogP contribution in [0, 0.1) is 0 Å². The molecule has 2 aromatic carbocycles. The van der Waals surface area contributed by atoms with E-state index in [1.165, 1.54) is 18.2 Å². The minimum absolute atomic E-state index is 0.0395. The first-order valence-corrected chi connectivity index (χ1v) is 10.4. The molecule has 1 fully saturated rings. The van der Waals surface area contributed by atoms with Gasteiger partial charge < -0.3 is 15.0 Å². The Labute approximate surface area is 184 Å². The van der Waals surface area contributed by atoms with E-state index in [4.69, 9.17) is 4.74 Å². The summed E-state index contributed by atoms with van der Waals surface area (Å²) in [6.07, 6.45) is -4.46. The number of benzene rings is 2. The minimum atomic E-state index is -4.46. The number of amides is 2. The lowest BCUT2D eigenvalue weighted by atomic mass is 10.1. The van der Waals surface area contributed by atoms with E-state index in [-0.39, 0.29) is 29.4 Å². The van der Waals surface area contributed by atoms with E-state index in [1.54, 1.807) is 23.1 Å². The molecule has 1 heterocycles. The van der Waals surface area contributed by atoms with Crippen LogP contribution in [-0.2, 0) is 11.0 Å². The summed E-state index contributed by atoms with van der Waals surface area (Å²) in [5.41, 5.74) is -0.414. The van der Waals surface area contributed by atoms with Crippen molar-refractivity contribution in [3.63, 3.8) is 0 Å². The number of carbonyl (C=O) groups excluding carboxylic acids is 2. The van der Waals surface area contributed by atoms with Crippen molar-refractivity contribution in [1.82, 2.24) is 15.1 Å². The zero-order valence-electron chi connectivity index (χ0n) is 18.0. The molecular formula is C23H26F3N3O3. The summed E-state index contributed by atoms with van der Waals surface area (Å²) in [5, 5.41) is 2.85. The number of piperazine rings is 1. The Kier molecular flexibility index (Phi) is 7.40. The first-order valence-electron chi connectivity index (χ1n) is 10.4. The third kappa shape index (κ3) is 6.46. The highest BCUT2D eigenvalue weighted by Crippen LogP contribution is 2.32. The number of alkyl halides is 3. The molecule has 1 aliphatic rings. The molecule has 0 aliphatic carbocycles. The third-order valence-corrected chi connectivity index (χ3v) is 4.95. The van der Waals surface area contributed by atoms with Crippen LogP contribution in [0.25, 0.3) is 0 Å². The second-order valence-electron chi connectivity index (χ2n) is 7.95. The summed E-state index contributed by atoms with van der Waals surface area (Å²) in [6.45, 7) is 6.22. The van der Waals surface area contributed by atoms with E-state index in [2.05, 4.69) is 5.32 Å². The SMILES string of the molecule is CC(C)NC(=O)CN1CCN(C(=O)c2cccc(Oc3cccc(C(F)(F)F)c3)c2)CC1. The van der Waals surface area contributed by atoms with Crippen molar-refractivity contribution in [2.24, 2.45) is 0 Å². The van der Waals surface area contributed by atoms with Crippen LogP contribution in [0.1, 0.15) is 29.8 Å². The van der Waals surface area contributed by atoms with Gasteiger partial charge in [-0.2, -0.15) is 13.2 Å². The Hall–Kier alpha value is -3.07. The van der Waals surface area contributed by atoms with E-state index in [0.717, 1.165) is 12.1 Å². The normalized spacial score (nSPS) is 15.0. The van der Waals surface area contributed by atoms with Crippen LogP contribution in [0.5, 0.6) is 11.5 Å². The van der Waals surface area contributed by atoms with Gasteiger partial charge in [0.15, 0.2) is 0 Å². The smallest absolute Gasteiger partial charge is 0.416 e. The highest BCUT2D eigenvalue weighted by Gasteiger charge is 2.30. The first kappa shape index (κ1) is 23.6. The van der Waals surface area contributed by atoms with E-state index >= 15 is 0 Å². The van der Waals surface area contributed by atoms with Gasteiger partial charge in [-0.25, -0.2) is 0 Å². The predicted molar refractivity (Wildman–Crippen MR) is 114 cm³/mol. The van der Waals surface area contributed by atoms with Crippen LogP contribution < -0.4 is 10.1 Å². The maximum absolute atomic E-state index is 12.9. The van der Waals surface area contributed by atoms with Gasteiger partial charge in [0, 0.05) is 37.8 Å². The molecule has 0 unspecified atom stereocenters. The van der Waals surface area contributed by atoms with E-state index in [9.17, 15) is 22.8 Å². The topological polar surface area (TPSA) is 61.9 Å². The van der Waals surface area contributed by atoms with Gasteiger partial charge in [0.25, 0.3) is 5.91 Å². The lowest BCUT2D eigenvalue weighted by Crippen LogP contribution is -2.51. The fourth-order valence-corrected chi connectivity index (χ4v) is 3.43. The molecule has 0 saturated carbocycles. The quantitative estimate of drug-likeness (QED) is 0.729. The molecular weight excluding hydrogens is 423 g/mol. The molecule has 32 heavy (non-hydrogen) atoms. The lowest BCUT2D eigenvalue weighted by molar-refractivity contribution is -0.137. The van der Waals surface area contributed by atoms with Gasteiger partial charge in [-0.15, -0.1) is 0 Å². The van der Waals surface area contributed by atoms with Crippen LogP contribution in [0.3, 0.4) is 0 Å². The number of carbonyl (C=O) groups is 2. The standard InChI is InChI=1S/C23H26F3N3O3/c1-16(2)27-21(30)15-28-9-11-29(12-10-28)22(31)17-5-3-7-19(13-17)32-20-8-4-6-18(14-20)23(24,25)26/h3-8,13-14,16H,9-12,15H2,1-2H3,(H,27,30). The Bertz CT molecular complexity index is 955. The van der Waals surface area contributed by atoms with Crippen LogP contribution in [0.2, 0.25) is 0 Å². The summed E-state index contributed by atoms with van der Waals surface area (Å²) in [7, 11) is 0. The number of ether oxygens (including phenoxy) is 1. The molecule has 0 spiro atoms. The third-order valence-electron chi connectivity index (χ3n) is 4.95. The number of nitrogens with zero attached hydrogens (tertiary/aromatic N) is 2. The summed E-state index contributed by atoms with van der Waals surface area (Å²) in [5.74, 6) is 0.0851. The maximum Gasteiger partial charge on any atom is 0.416 e. The number of hydrogen-bond donors (Lipinski definition) is 1. The molecule has 172 valence electrons. The second-order valence-corrected chi connectivity index (χ2v) is 7.95. The summed E-state index contributed by atoms with van der Waals surface area (Å²) < 4.78 is 44.3. The van der Waals surface area contributed by atoms with E-state index in [0.29, 0.717) is 38.3 Å². The van der Waals surface area contributed by atoms with Crippen molar-refractivity contribution in [3.05, 3.63) is 59.7 Å². The molecule has 2 aromatic rings. The molecule has 0 aromatic heterocycles. The Morgan fingerprint density at radius 1 is 1.00 bits per heavy atom. The minimum Gasteiger partial charge on any atom is -0.457 e. The number of rotatable bonds is 6. The average Bonchev–Trinajstić information content (AvgIpc) is 2.73. The summed E-state index contributed by atoms with van der Waals surface area (Å²) in [4.78, 5) is 28.5. The van der Waals surface area contributed by atoms with E-state index in [1.807, 2.05) is 18.7 Å². The van der Waals surface area contributed by atoms with Crippen molar-refractivity contribution < 1.29 is 27.5 Å². The van der Waals surface area contributed by atoms with Crippen LogP contribution in [-0.4, -0.2) is 60.4 Å². The zero-order chi connectivity index (χ0) is 23.3. The van der Waals surface area contributed by atoms with Crippen molar-refractivity contribution in [1.29, 1.82) is 0 Å². The summed E-state index contributed by atoms with van der Waals surface area (Å²) >= 11 is 0. The Balaban J connectivity index is 1.60. The Morgan fingerprint density at radius 3 is 2.25 bits per heavy atom. The molecule has 0 radical (unpaired) electrons. The molecule has 2 amide bonds. The second kappa shape index (κ2) is 10.0. The molecule has 1 saturated heterocycles. The van der Waals surface area contributed by atoms with Crippen LogP contribution >= 0.6 is 0 Å². The average molecular weight is 449 g/mol. The summed E-state index contributed by atoms with van der Waals surface area (Å²) in [6, 6.07) is 11.0. The van der Waals surface area contributed by atoms with Gasteiger partial charge in [-0.1, -0.05) is 12.1 Å². The predicted octanol–water partition coefficient (Wildman–Crippen LogP) is 3.78. The fourth-order valence-electron chi connectivity index (χ4n) is 3.43. The van der Waals surface area contributed by atoms with Gasteiger partial charge in [-0.05, 0) is 50.2 Å². The van der Waals surface area contributed by atoms with Gasteiger partial charge in [0.2, 0.25) is 5.91 Å². The number of nitrogens with one attached hydrogen (secondary N) is 1. The van der Waals surface area contributed by atoms with Crippen LogP contribution in [0.4, 0.5) is 13.2 Å². The monoisotopic (exact) mass is 449 g/mol. The highest BCUT2D eigenvalue weighted by molar-refractivity contribution is 5.94.